The number of amides is 1. The molecule has 0 bridgehead atoms. The van der Waals surface area contributed by atoms with E-state index in [2.05, 4.69) is 73.0 Å². The van der Waals surface area contributed by atoms with Crippen LogP contribution in [0.2, 0.25) is 0 Å². The highest BCUT2D eigenvalue weighted by Gasteiger charge is 2.26. The number of rotatable bonds is 14. The van der Waals surface area contributed by atoms with Crippen molar-refractivity contribution in [1.29, 1.82) is 0 Å². The Morgan fingerprint density at radius 2 is 1.95 bits per heavy atom. The molecule has 40 heavy (non-hydrogen) atoms. The Morgan fingerprint density at radius 1 is 1.15 bits per heavy atom. The fourth-order valence-corrected chi connectivity index (χ4v) is 6.97. The second-order valence-corrected chi connectivity index (χ2v) is 13.0. The van der Waals surface area contributed by atoms with Gasteiger partial charge in [0.05, 0.1) is 11.0 Å². The molecule has 2 atom stereocenters. The van der Waals surface area contributed by atoms with E-state index in [1.165, 1.54) is 11.3 Å². The first-order chi connectivity index (χ1) is 19.3. The van der Waals surface area contributed by atoms with Gasteiger partial charge in [-0.05, 0) is 86.7 Å². The Kier molecular flexibility index (Phi) is 11.0. The van der Waals surface area contributed by atoms with Crippen molar-refractivity contribution >= 4 is 34.1 Å². The third kappa shape index (κ3) is 7.61. The van der Waals surface area contributed by atoms with E-state index >= 15 is 0 Å². The molecule has 1 aliphatic rings. The maximum atomic E-state index is 13.5. The van der Waals surface area contributed by atoms with E-state index < -0.39 is 0 Å². The van der Waals surface area contributed by atoms with Crippen molar-refractivity contribution in [3.63, 3.8) is 0 Å². The van der Waals surface area contributed by atoms with Crippen LogP contribution >= 0.6 is 11.3 Å². The summed E-state index contributed by atoms with van der Waals surface area (Å²) in [6, 6.07) is 10.6. The summed E-state index contributed by atoms with van der Waals surface area (Å²) < 4.78 is 2.38. The molecule has 1 unspecified atom stereocenters. The van der Waals surface area contributed by atoms with Gasteiger partial charge in [-0.2, -0.15) is 0 Å². The van der Waals surface area contributed by atoms with Gasteiger partial charge < -0.3 is 14.8 Å². The van der Waals surface area contributed by atoms with Gasteiger partial charge in [0.15, 0.2) is 5.78 Å². The molecule has 1 fully saturated rings. The number of aromatic nitrogens is 2. The lowest BCUT2D eigenvalue weighted by Gasteiger charge is -2.32. The van der Waals surface area contributed by atoms with E-state index in [4.69, 9.17) is 4.98 Å². The van der Waals surface area contributed by atoms with Gasteiger partial charge >= 0.3 is 0 Å². The molecule has 0 saturated carbocycles. The van der Waals surface area contributed by atoms with Gasteiger partial charge in [0, 0.05) is 48.3 Å². The number of nitrogens with zero attached hydrogens (tertiary/aromatic N) is 3. The Balaban J connectivity index is 1.50. The van der Waals surface area contributed by atoms with E-state index in [0.717, 1.165) is 62.2 Å². The molecule has 1 aromatic carbocycles. The van der Waals surface area contributed by atoms with Gasteiger partial charge in [-0.3, -0.25) is 9.59 Å². The fourth-order valence-electron chi connectivity index (χ4n) is 6.27. The van der Waals surface area contributed by atoms with Gasteiger partial charge in [-0.1, -0.05) is 40.7 Å². The zero-order chi connectivity index (χ0) is 28.6. The molecular formula is C33H48N4O2S. The number of carbonyl (C=O) groups is 2. The first kappa shape index (κ1) is 30.4. The highest BCUT2D eigenvalue weighted by Crippen LogP contribution is 2.29. The number of piperidine rings is 1. The molecule has 1 amide bonds. The number of hydrogen-bond donors (Lipinski definition) is 1. The molecule has 1 aliphatic heterocycles. The first-order valence-corrected chi connectivity index (χ1v) is 16.3. The number of thiophene rings is 1. The predicted octanol–water partition coefficient (Wildman–Crippen LogP) is 7.13. The summed E-state index contributed by atoms with van der Waals surface area (Å²) in [6.45, 7) is 14.8. The molecule has 1 N–H and O–H groups in total. The molecule has 6 nitrogen and oxygen atoms in total. The topological polar surface area (TPSA) is 67.2 Å². The van der Waals surface area contributed by atoms with Crippen LogP contribution in [-0.2, 0) is 11.2 Å². The monoisotopic (exact) mass is 564 g/mol. The Bertz CT molecular complexity index is 1240. The minimum Gasteiger partial charge on any atom is -0.356 e. The summed E-state index contributed by atoms with van der Waals surface area (Å²) in [7, 11) is 0. The van der Waals surface area contributed by atoms with Crippen LogP contribution in [0.3, 0.4) is 0 Å². The van der Waals surface area contributed by atoms with E-state index in [0.29, 0.717) is 36.4 Å². The highest BCUT2D eigenvalue weighted by atomic mass is 32.1. The summed E-state index contributed by atoms with van der Waals surface area (Å²) in [4.78, 5) is 35.6. The van der Waals surface area contributed by atoms with Gasteiger partial charge in [0.25, 0.3) is 0 Å². The van der Waals surface area contributed by atoms with Crippen molar-refractivity contribution in [3.8, 4) is 0 Å². The number of hydrogen-bond acceptors (Lipinski definition) is 5. The third-order valence-corrected chi connectivity index (χ3v) is 9.35. The van der Waals surface area contributed by atoms with Crippen LogP contribution in [0, 0.1) is 17.8 Å². The maximum Gasteiger partial charge on any atom is 0.223 e. The largest absolute Gasteiger partial charge is 0.356 e. The quantitative estimate of drug-likeness (QED) is 0.212. The number of likely N-dealkylation sites (tertiary alicyclic amines) is 1. The zero-order valence-electron chi connectivity index (χ0n) is 25.1. The lowest BCUT2D eigenvalue weighted by molar-refractivity contribution is -0.125. The second-order valence-electron chi connectivity index (χ2n) is 11.9. The van der Waals surface area contributed by atoms with Gasteiger partial charge in [0.1, 0.15) is 5.82 Å². The fraction of sp³-hybridized carbons (Fsp3) is 0.606. The van der Waals surface area contributed by atoms with Crippen molar-refractivity contribution in [2.24, 2.45) is 17.8 Å². The predicted molar refractivity (Wildman–Crippen MR) is 166 cm³/mol. The molecule has 3 heterocycles. The van der Waals surface area contributed by atoms with Crippen molar-refractivity contribution in [2.45, 2.75) is 85.6 Å². The van der Waals surface area contributed by atoms with Crippen LogP contribution in [0.25, 0.3) is 11.0 Å². The summed E-state index contributed by atoms with van der Waals surface area (Å²) >= 11 is 1.75. The third-order valence-electron chi connectivity index (χ3n) is 8.48. The molecule has 1 saturated heterocycles. The van der Waals surface area contributed by atoms with E-state index in [1.807, 2.05) is 12.1 Å². The summed E-state index contributed by atoms with van der Waals surface area (Å²) in [6.07, 6.45) is 6.14. The van der Waals surface area contributed by atoms with Crippen LogP contribution in [0.1, 0.15) is 100 Å². The number of carbonyl (C=O) groups excluding carboxylic acids is 2. The average molecular weight is 565 g/mol. The van der Waals surface area contributed by atoms with Gasteiger partial charge in [-0.15, -0.1) is 11.3 Å². The summed E-state index contributed by atoms with van der Waals surface area (Å²) in [5, 5.41) is 5.32. The second kappa shape index (κ2) is 14.4. The van der Waals surface area contributed by atoms with Crippen molar-refractivity contribution < 1.29 is 9.59 Å². The van der Waals surface area contributed by atoms with Crippen molar-refractivity contribution in [1.82, 2.24) is 19.8 Å². The molecule has 218 valence electrons. The van der Waals surface area contributed by atoms with Crippen molar-refractivity contribution in [2.75, 3.05) is 26.2 Å². The lowest BCUT2D eigenvalue weighted by Crippen LogP contribution is -2.42. The van der Waals surface area contributed by atoms with Crippen LogP contribution < -0.4 is 5.32 Å². The molecule has 3 aromatic rings. The van der Waals surface area contributed by atoms with Crippen LogP contribution in [-0.4, -0.2) is 52.3 Å². The average Bonchev–Trinajstić information content (AvgIpc) is 3.59. The Morgan fingerprint density at radius 3 is 2.62 bits per heavy atom. The number of imidazole rings is 1. The summed E-state index contributed by atoms with van der Waals surface area (Å²) in [5.74, 6) is 1.61. The molecule has 0 aliphatic carbocycles. The van der Waals surface area contributed by atoms with Crippen molar-refractivity contribution in [3.05, 3.63) is 52.0 Å². The SMILES string of the molecule is CCC(CC)n1c(Cc2cccs2)nc2cc(C(=O)C[C@@H](CC(C)C)C(=O)NCC3CCCN(CC)C3)ccc21. The zero-order valence-corrected chi connectivity index (χ0v) is 25.9. The van der Waals surface area contributed by atoms with E-state index in [1.54, 1.807) is 11.3 Å². The summed E-state index contributed by atoms with van der Waals surface area (Å²) in [5.41, 5.74) is 2.60. The van der Waals surface area contributed by atoms with Gasteiger partial charge in [0.2, 0.25) is 5.91 Å². The van der Waals surface area contributed by atoms with E-state index in [9.17, 15) is 9.59 Å². The first-order valence-electron chi connectivity index (χ1n) is 15.4. The van der Waals surface area contributed by atoms with Crippen LogP contribution in [0.4, 0.5) is 0 Å². The smallest absolute Gasteiger partial charge is 0.223 e. The molecule has 2 aromatic heterocycles. The Hall–Kier alpha value is -2.51. The highest BCUT2D eigenvalue weighted by molar-refractivity contribution is 7.09. The standard InChI is InChI=1S/C33H48N4O2S/c1-6-27(7-2)37-30-14-13-25(18-29(30)35-32(37)20-28-12-10-16-40-28)31(38)19-26(17-23(4)5)33(39)34-21-24-11-9-15-36(8-3)22-24/h10,12-14,16,18,23-24,26-27H,6-9,11,15,17,19-22H2,1-5H3,(H,34,39)/t24?,26-/m1/s1. The normalized spacial score (nSPS) is 17.1. The molecular weight excluding hydrogens is 516 g/mol. The maximum absolute atomic E-state index is 13.5. The number of ketones is 1. The minimum atomic E-state index is -0.314. The number of benzene rings is 1. The lowest BCUT2D eigenvalue weighted by atomic mass is 9.89. The van der Waals surface area contributed by atoms with Crippen LogP contribution in [0.15, 0.2) is 35.7 Å². The Labute approximate surface area is 244 Å². The number of fused-ring (bicyclic) bond motifs is 1. The molecule has 0 radical (unpaired) electrons. The minimum absolute atomic E-state index is 0.0213. The molecule has 0 spiro atoms. The van der Waals surface area contributed by atoms with Crippen LogP contribution in [0.5, 0.6) is 0 Å². The van der Waals surface area contributed by atoms with Gasteiger partial charge in [-0.25, -0.2) is 4.98 Å². The number of Topliss-reactive ketones (excluding diaryl/α,β-unsaturated/α-hetero) is 1. The molecule has 4 rings (SSSR count). The van der Waals surface area contributed by atoms with E-state index in [-0.39, 0.29) is 24.0 Å². The number of nitrogens with one attached hydrogen (secondary N) is 1. The molecule has 7 heteroatoms.